The molecule has 4 rings (SSSR count). The minimum Gasteiger partial charge on any atom is -0.383 e. The molecule has 0 radical (unpaired) electrons. The summed E-state index contributed by atoms with van der Waals surface area (Å²) >= 11 is 8.63. The Morgan fingerprint density at radius 3 is 2.62 bits per heavy atom. The lowest BCUT2D eigenvalue weighted by molar-refractivity contribution is -0.122. The monoisotopic (exact) mass is 509 g/mol. The molecule has 2 aromatic carbocycles. The average molecular weight is 510 g/mol. The Labute approximate surface area is 214 Å². The summed E-state index contributed by atoms with van der Waals surface area (Å²) in [5.74, 6) is 1.03. The predicted molar refractivity (Wildman–Crippen MR) is 146 cm³/mol. The highest BCUT2D eigenvalue weighted by molar-refractivity contribution is 8.26. The number of thioether (sulfide) groups is 2. The van der Waals surface area contributed by atoms with Crippen molar-refractivity contribution in [3.63, 3.8) is 0 Å². The van der Waals surface area contributed by atoms with Gasteiger partial charge in [0.05, 0.1) is 29.4 Å². The highest BCUT2D eigenvalue weighted by atomic mass is 32.2. The van der Waals surface area contributed by atoms with E-state index < -0.39 is 0 Å². The van der Waals surface area contributed by atoms with E-state index in [4.69, 9.17) is 22.1 Å². The van der Waals surface area contributed by atoms with Crippen molar-refractivity contribution in [2.45, 2.75) is 24.7 Å². The third-order valence-electron chi connectivity index (χ3n) is 5.34. The number of aromatic nitrogens is 2. The number of nitrogens with zero attached hydrogens (tertiary/aromatic N) is 3. The molecule has 0 bridgehead atoms. The van der Waals surface area contributed by atoms with Crippen LogP contribution in [0.1, 0.15) is 25.3 Å². The maximum Gasteiger partial charge on any atom is 0.266 e. The van der Waals surface area contributed by atoms with E-state index in [9.17, 15) is 4.79 Å². The Morgan fingerprint density at radius 1 is 1.15 bits per heavy atom. The number of methoxy groups -OCH3 is 1. The van der Waals surface area contributed by atoms with Gasteiger partial charge in [0.15, 0.2) is 0 Å². The van der Waals surface area contributed by atoms with Gasteiger partial charge in [0, 0.05) is 29.3 Å². The maximum atomic E-state index is 13.0. The van der Waals surface area contributed by atoms with Crippen molar-refractivity contribution in [2.75, 3.05) is 26.0 Å². The minimum atomic E-state index is -0.0897. The number of unbranched alkanes of at least 4 members (excludes halogenated alkanes) is 1. The van der Waals surface area contributed by atoms with Crippen LogP contribution in [0.15, 0.2) is 70.6 Å². The number of carbonyl (C=O) groups excluding carboxylic acids is 1. The summed E-state index contributed by atoms with van der Waals surface area (Å²) in [6.07, 6.45) is 6.28. The van der Waals surface area contributed by atoms with E-state index in [1.165, 1.54) is 29.5 Å². The number of amides is 1. The lowest BCUT2D eigenvalue weighted by atomic mass is 10.1. The van der Waals surface area contributed by atoms with Gasteiger partial charge in [-0.05, 0) is 42.5 Å². The molecule has 1 aliphatic rings. The number of rotatable bonds is 10. The van der Waals surface area contributed by atoms with Gasteiger partial charge < -0.3 is 4.74 Å². The van der Waals surface area contributed by atoms with E-state index in [-0.39, 0.29) is 5.91 Å². The van der Waals surface area contributed by atoms with Gasteiger partial charge in [-0.15, -0.1) is 11.8 Å². The van der Waals surface area contributed by atoms with E-state index in [2.05, 4.69) is 31.2 Å². The minimum absolute atomic E-state index is 0.0897. The smallest absolute Gasteiger partial charge is 0.266 e. The molecule has 1 amide bonds. The Balaban J connectivity index is 1.68. The molecule has 1 aromatic heterocycles. The molecule has 5 nitrogen and oxygen atoms in total. The van der Waals surface area contributed by atoms with E-state index in [0.717, 1.165) is 28.3 Å². The van der Waals surface area contributed by atoms with Crippen LogP contribution in [-0.4, -0.2) is 50.9 Å². The normalized spacial score (nSPS) is 15.0. The van der Waals surface area contributed by atoms with Gasteiger partial charge in [0.1, 0.15) is 4.32 Å². The second-order valence-corrected chi connectivity index (χ2v) is 10.6. The molecule has 0 saturated carbocycles. The summed E-state index contributed by atoms with van der Waals surface area (Å²) in [7, 11) is 1.62. The van der Waals surface area contributed by atoms with Crippen molar-refractivity contribution in [1.82, 2.24) is 14.7 Å². The molecule has 2 heterocycles. The van der Waals surface area contributed by atoms with Crippen molar-refractivity contribution in [2.24, 2.45) is 0 Å². The van der Waals surface area contributed by atoms with Crippen LogP contribution < -0.4 is 0 Å². The summed E-state index contributed by atoms with van der Waals surface area (Å²) in [6, 6.07) is 18.5. The van der Waals surface area contributed by atoms with Gasteiger partial charge in [0.25, 0.3) is 5.91 Å². The lowest BCUT2D eigenvalue weighted by Gasteiger charge is -2.12. The molecule has 0 spiro atoms. The third kappa shape index (κ3) is 5.81. The van der Waals surface area contributed by atoms with Crippen LogP contribution in [0.25, 0.3) is 23.0 Å². The largest absolute Gasteiger partial charge is 0.383 e. The quantitative estimate of drug-likeness (QED) is 0.139. The van der Waals surface area contributed by atoms with Crippen LogP contribution in [-0.2, 0) is 9.53 Å². The number of para-hydroxylation sites is 1. The molecule has 3 aromatic rings. The zero-order valence-corrected chi connectivity index (χ0v) is 21.7. The number of carbonyl (C=O) groups is 1. The van der Waals surface area contributed by atoms with Crippen molar-refractivity contribution in [3.8, 4) is 16.9 Å². The molecule has 34 heavy (non-hydrogen) atoms. The number of hydrogen-bond acceptors (Lipinski definition) is 6. The lowest BCUT2D eigenvalue weighted by Crippen LogP contribution is -2.31. The summed E-state index contributed by atoms with van der Waals surface area (Å²) in [6.45, 7) is 3.10. The molecule has 8 heteroatoms. The second kappa shape index (κ2) is 11.8. The fourth-order valence-electron chi connectivity index (χ4n) is 3.49. The standard InChI is InChI=1S/C26H27N3O2S3/c1-3-4-16-33-22-12-10-19(11-13-22)24-20(18-29(27-24)21-8-6-5-7-9-21)17-23-25(30)28(14-15-31-2)26(32)34-23/h5-13,17-18H,3-4,14-16H2,1-2H3. The van der Waals surface area contributed by atoms with Gasteiger partial charge >= 0.3 is 0 Å². The first kappa shape index (κ1) is 24.7. The van der Waals surface area contributed by atoms with Crippen LogP contribution in [0.4, 0.5) is 0 Å². The molecular weight excluding hydrogens is 483 g/mol. The summed E-state index contributed by atoms with van der Waals surface area (Å²) in [5, 5.41) is 4.89. The highest BCUT2D eigenvalue weighted by Crippen LogP contribution is 2.35. The Kier molecular flexibility index (Phi) is 8.61. The highest BCUT2D eigenvalue weighted by Gasteiger charge is 2.32. The predicted octanol–water partition coefficient (Wildman–Crippen LogP) is 6.28. The van der Waals surface area contributed by atoms with Crippen LogP contribution in [0.5, 0.6) is 0 Å². The van der Waals surface area contributed by atoms with E-state index in [1.54, 1.807) is 12.0 Å². The van der Waals surface area contributed by atoms with Gasteiger partial charge in [0.2, 0.25) is 0 Å². The van der Waals surface area contributed by atoms with Crippen LogP contribution in [0.2, 0.25) is 0 Å². The van der Waals surface area contributed by atoms with Gasteiger partial charge in [-0.2, -0.15) is 5.10 Å². The Morgan fingerprint density at radius 2 is 1.91 bits per heavy atom. The molecule has 0 atom stereocenters. The number of hydrogen-bond donors (Lipinski definition) is 0. The first-order valence-corrected chi connectivity index (χ1v) is 13.4. The summed E-state index contributed by atoms with van der Waals surface area (Å²) in [4.78, 5) is 16.4. The fourth-order valence-corrected chi connectivity index (χ4v) is 5.79. The number of benzene rings is 2. The van der Waals surface area contributed by atoms with E-state index >= 15 is 0 Å². The molecule has 0 unspecified atom stereocenters. The molecule has 1 aliphatic heterocycles. The molecule has 176 valence electrons. The van der Waals surface area contributed by atoms with Crippen molar-refractivity contribution in [1.29, 1.82) is 0 Å². The van der Waals surface area contributed by atoms with Crippen LogP contribution >= 0.6 is 35.7 Å². The summed E-state index contributed by atoms with van der Waals surface area (Å²) < 4.78 is 7.54. The second-order valence-electron chi connectivity index (χ2n) is 7.77. The molecule has 0 aliphatic carbocycles. The van der Waals surface area contributed by atoms with Crippen LogP contribution in [0.3, 0.4) is 0 Å². The zero-order chi connectivity index (χ0) is 23.9. The van der Waals surface area contributed by atoms with Crippen molar-refractivity contribution >= 4 is 52.0 Å². The maximum absolute atomic E-state index is 13.0. The SMILES string of the molecule is CCCCSc1ccc(-c2nn(-c3ccccc3)cc2C=C2SC(=S)N(CCOC)C2=O)cc1. The van der Waals surface area contributed by atoms with Crippen LogP contribution in [0, 0.1) is 0 Å². The first-order valence-electron chi connectivity index (χ1n) is 11.2. The van der Waals surface area contributed by atoms with Gasteiger partial charge in [-0.3, -0.25) is 9.69 Å². The fraction of sp³-hybridized carbons (Fsp3) is 0.269. The third-order valence-corrected chi connectivity index (χ3v) is 7.81. The Bertz CT molecular complexity index is 1170. The van der Waals surface area contributed by atoms with E-state index in [0.29, 0.717) is 22.4 Å². The number of thiocarbonyl (C=S) groups is 1. The summed E-state index contributed by atoms with van der Waals surface area (Å²) in [5.41, 5.74) is 3.68. The topological polar surface area (TPSA) is 47.4 Å². The first-order chi connectivity index (χ1) is 16.6. The molecular formula is C26H27N3O2S3. The van der Waals surface area contributed by atoms with Gasteiger partial charge in [-0.1, -0.05) is 67.7 Å². The van der Waals surface area contributed by atoms with Crippen molar-refractivity contribution < 1.29 is 9.53 Å². The van der Waals surface area contributed by atoms with Gasteiger partial charge in [-0.25, -0.2) is 4.68 Å². The Hall–Kier alpha value is -2.39. The van der Waals surface area contributed by atoms with E-state index in [1.807, 2.05) is 59.0 Å². The molecule has 0 N–H and O–H groups in total. The number of ether oxygens (including phenoxy) is 1. The van der Waals surface area contributed by atoms with Crippen molar-refractivity contribution in [3.05, 3.63) is 71.3 Å². The molecule has 1 saturated heterocycles. The molecule has 1 fully saturated rings. The zero-order valence-electron chi connectivity index (χ0n) is 19.3. The average Bonchev–Trinajstić information content (AvgIpc) is 3.39.